The summed E-state index contributed by atoms with van der Waals surface area (Å²) in [5.41, 5.74) is 6.48. The molecule has 0 spiro atoms. The Labute approximate surface area is 144 Å². The number of rotatable bonds is 4. The van der Waals surface area contributed by atoms with Gasteiger partial charge in [-0.25, -0.2) is 0 Å². The van der Waals surface area contributed by atoms with Crippen molar-refractivity contribution in [1.82, 2.24) is 9.88 Å². The van der Waals surface area contributed by atoms with E-state index in [1.807, 2.05) is 12.1 Å². The van der Waals surface area contributed by atoms with Gasteiger partial charge in [0.05, 0.1) is 0 Å². The van der Waals surface area contributed by atoms with Crippen LogP contribution in [0.4, 0.5) is 0 Å². The molecule has 2 aliphatic rings. The normalized spacial score (nSPS) is 30.5. The second-order valence-electron chi connectivity index (χ2n) is 6.47. The molecule has 2 fully saturated rings. The Morgan fingerprint density at radius 1 is 1.43 bits per heavy atom. The Balaban J connectivity index is 0.00000192. The number of halogens is 1. The third-order valence-corrected chi connectivity index (χ3v) is 5.52. The van der Waals surface area contributed by atoms with Gasteiger partial charge in [-0.3, -0.25) is 9.78 Å². The summed E-state index contributed by atoms with van der Waals surface area (Å²) in [7, 11) is 1.80. The third kappa shape index (κ3) is 2.97. The number of primary amides is 1. The molecule has 1 aliphatic heterocycles. The van der Waals surface area contributed by atoms with Crippen molar-refractivity contribution in [1.29, 1.82) is 0 Å². The highest BCUT2D eigenvalue weighted by atomic mass is 35.5. The van der Waals surface area contributed by atoms with Crippen LogP contribution in [0, 0.1) is 11.8 Å². The van der Waals surface area contributed by atoms with E-state index in [-0.39, 0.29) is 18.0 Å². The van der Waals surface area contributed by atoms with Crippen LogP contribution in [0.5, 0.6) is 0 Å². The molecule has 0 aromatic carbocycles. The molecule has 1 aromatic heterocycles. The molecule has 2 heterocycles. The van der Waals surface area contributed by atoms with Gasteiger partial charge in [-0.15, -0.1) is 12.4 Å². The number of nitrogens with two attached hydrogens (primary N) is 1. The molecule has 0 radical (unpaired) electrons. The summed E-state index contributed by atoms with van der Waals surface area (Å²) >= 11 is 0. The van der Waals surface area contributed by atoms with Gasteiger partial charge in [0.2, 0.25) is 0 Å². The zero-order chi connectivity index (χ0) is 15.7. The van der Waals surface area contributed by atoms with Gasteiger partial charge in [0.15, 0.2) is 0 Å². The smallest absolute Gasteiger partial charge is 0.267 e. The van der Waals surface area contributed by atoms with Crippen LogP contribution < -0.4 is 5.73 Å². The van der Waals surface area contributed by atoms with E-state index in [4.69, 9.17) is 10.5 Å². The molecule has 128 valence electrons. The topological polar surface area (TPSA) is 68.4 Å². The largest absolute Gasteiger partial charge is 0.373 e. The molecule has 1 saturated heterocycles. The number of fused-ring (bicyclic) bond motifs is 2. The average molecular weight is 340 g/mol. The van der Waals surface area contributed by atoms with Crippen LogP contribution in [0.1, 0.15) is 42.2 Å². The highest BCUT2D eigenvalue weighted by Crippen LogP contribution is 2.51. The minimum atomic E-state index is -0.482. The van der Waals surface area contributed by atoms with Gasteiger partial charge >= 0.3 is 0 Å². The molecule has 3 atom stereocenters. The van der Waals surface area contributed by atoms with Crippen LogP contribution in [0.25, 0.3) is 0 Å². The molecule has 1 amide bonds. The van der Waals surface area contributed by atoms with E-state index in [0.29, 0.717) is 17.5 Å². The molecule has 3 rings (SSSR count). The summed E-state index contributed by atoms with van der Waals surface area (Å²) in [4.78, 5) is 18.1. The zero-order valence-electron chi connectivity index (χ0n) is 13.8. The second-order valence-corrected chi connectivity index (χ2v) is 6.47. The fourth-order valence-electron chi connectivity index (χ4n) is 4.51. The lowest BCUT2D eigenvalue weighted by atomic mass is 9.62. The van der Waals surface area contributed by atoms with Crippen molar-refractivity contribution in [3.63, 3.8) is 0 Å². The van der Waals surface area contributed by atoms with E-state index in [2.05, 4.69) is 16.8 Å². The van der Waals surface area contributed by atoms with Crippen molar-refractivity contribution in [3.05, 3.63) is 29.6 Å². The summed E-state index contributed by atoms with van der Waals surface area (Å²) in [5.74, 6) is 0.422. The van der Waals surface area contributed by atoms with Gasteiger partial charge in [-0.2, -0.15) is 0 Å². The number of methoxy groups -OCH3 is 1. The molecular weight excluding hydrogens is 314 g/mol. The van der Waals surface area contributed by atoms with Crippen molar-refractivity contribution in [2.75, 3.05) is 26.7 Å². The van der Waals surface area contributed by atoms with Crippen LogP contribution in [0.3, 0.4) is 0 Å². The third-order valence-electron chi connectivity index (χ3n) is 5.52. The maximum Gasteiger partial charge on any atom is 0.267 e. The first kappa shape index (κ1) is 18.2. The lowest BCUT2D eigenvalue weighted by molar-refractivity contribution is -0.168. The maximum absolute atomic E-state index is 11.5. The predicted octanol–water partition coefficient (Wildman–Crippen LogP) is 2.20. The van der Waals surface area contributed by atoms with Crippen LogP contribution in [-0.4, -0.2) is 42.5 Å². The summed E-state index contributed by atoms with van der Waals surface area (Å²) in [5, 5.41) is 0. The van der Waals surface area contributed by atoms with Gasteiger partial charge < -0.3 is 15.4 Å². The number of piperidine rings is 1. The first-order chi connectivity index (χ1) is 10.6. The predicted molar refractivity (Wildman–Crippen MR) is 91.6 cm³/mol. The molecule has 23 heavy (non-hydrogen) atoms. The zero-order valence-corrected chi connectivity index (χ0v) is 14.6. The Kier molecular flexibility index (Phi) is 5.65. The van der Waals surface area contributed by atoms with Crippen molar-refractivity contribution < 1.29 is 9.53 Å². The molecule has 5 nitrogen and oxygen atoms in total. The summed E-state index contributed by atoms with van der Waals surface area (Å²) < 4.78 is 6.15. The lowest BCUT2D eigenvalue weighted by Gasteiger charge is -2.55. The number of hydrogen-bond acceptors (Lipinski definition) is 4. The molecule has 1 saturated carbocycles. The van der Waals surface area contributed by atoms with E-state index >= 15 is 0 Å². The van der Waals surface area contributed by atoms with E-state index in [1.165, 1.54) is 6.42 Å². The van der Waals surface area contributed by atoms with Crippen molar-refractivity contribution in [2.45, 2.75) is 31.8 Å². The van der Waals surface area contributed by atoms with Gasteiger partial charge in [-0.1, -0.05) is 13.3 Å². The van der Waals surface area contributed by atoms with Gasteiger partial charge in [0, 0.05) is 38.2 Å². The first-order valence-electron chi connectivity index (χ1n) is 8.15. The number of aromatic nitrogens is 1. The molecule has 2 bridgehead atoms. The number of carbonyl (C=O) groups is 1. The number of pyridine rings is 1. The molecule has 2 N–H and O–H groups in total. The monoisotopic (exact) mass is 339 g/mol. The van der Waals surface area contributed by atoms with Gasteiger partial charge in [0.1, 0.15) is 11.3 Å². The van der Waals surface area contributed by atoms with Crippen LogP contribution >= 0.6 is 12.4 Å². The minimum absolute atomic E-state index is 0. The number of carbonyl (C=O) groups excluding carboxylic acids is 1. The van der Waals surface area contributed by atoms with Gasteiger partial charge in [0.25, 0.3) is 5.91 Å². The number of nitrogens with zero attached hydrogens (tertiary/aromatic N) is 2. The number of hydrogen-bond donors (Lipinski definition) is 1. The van der Waals surface area contributed by atoms with E-state index in [1.54, 1.807) is 13.3 Å². The fraction of sp³-hybridized carbons (Fsp3) is 0.647. The number of ether oxygens (including phenoxy) is 1. The highest BCUT2D eigenvalue weighted by molar-refractivity contribution is 5.90. The summed E-state index contributed by atoms with van der Waals surface area (Å²) in [6, 6.07) is 3.82. The number of amides is 1. The fourth-order valence-corrected chi connectivity index (χ4v) is 4.51. The van der Waals surface area contributed by atoms with Crippen LogP contribution in [0.2, 0.25) is 0 Å². The van der Waals surface area contributed by atoms with E-state index in [9.17, 15) is 4.79 Å². The summed E-state index contributed by atoms with van der Waals surface area (Å²) in [6.45, 7) is 5.40. The first-order valence-corrected chi connectivity index (χ1v) is 8.15. The SMILES string of the molecule is CCN1C[C@H]2CCC[C@@H](C1)[C@@]2(OC)c1ccnc(C(N)=O)c1.Cl. The van der Waals surface area contributed by atoms with Crippen LogP contribution in [-0.2, 0) is 10.3 Å². The molecule has 0 unspecified atom stereocenters. The quantitative estimate of drug-likeness (QED) is 0.913. The Morgan fingerprint density at radius 2 is 2.09 bits per heavy atom. The van der Waals surface area contributed by atoms with E-state index in [0.717, 1.165) is 38.0 Å². The van der Waals surface area contributed by atoms with E-state index < -0.39 is 5.91 Å². The van der Waals surface area contributed by atoms with Crippen molar-refractivity contribution >= 4 is 18.3 Å². The maximum atomic E-state index is 11.5. The minimum Gasteiger partial charge on any atom is -0.373 e. The Morgan fingerprint density at radius 3 is 2.61 bits per heavy atom. The van der Waals surface area contributed by atoms with Crippen molar-refractivity contribution in [3.8, 4) is 0 Å². The average Bonchev–Trinajstić information content (AvgIpc) is 2.53. The van der Waals surface area contributed by atoms with Gasteiger partial charge in [-0.05, 0) is 37.1 Å². The number of likely N-dealkylation sites (tertiary alicyclic amines) is 1. The second kappa shape index (κ2) is 7.16. The van der Waals surface area contributed by atoms with Crippen molar-refractivity contribution in [2.24, 2.45) is 17.6 Å². The Bertz CT molecular complexity index is 553. The van der Waals surface area contributed by atoms with Crippen LogP contribution in [0.15, 0.2) is 18.3 Å². The highest BCUT2D eigenvalue weighted by Gasteiger charge is 2.53. The lowest BCUT2D eigenvalue weighted by Crippen LogP contribution is -2.59. The molecule has 1 aromatic rings. The summed E-state index contributed by atoms with van der Waals surface area (Å²) in [6.07, 6.45) is 5.26. The molecule has 1 aliphatic carbocycles. The Hall–Kier alpha value is -1.17. The standard InChI is InChI=1S/C17H25N3O2.ClH/c1-3-20-10-13-5-4-6-14(11-20)17(13,22-2)12-7-8-19-15(9-12)16(18)21;/h7-9,13-14H,3-6,10-11H2,1-2H3,(H2,18,21);1H/t13-,14+,17-;. The molecular formula is C17H26ClN3O2. The molecule has 6 heteroatoms.